The summed E-state index contributed by atoms with van der Waals surface area (Å²) in [5.74, 6) is -1.90. The van der Waals surface area contributed by atoms with Crippen LogP contribution < -0.4 is 5.32 Å². The van der Waals surface area contributed by atoms with Crippen molar-refractivity contribution in [2.75, 3.05) is 0 Å². The van der Waals surface area contributed by atoms with E-state index in [-0.39, 0.29) is 16.9 Å². The number of nitrogens with zero attached hydrogens (tertiary/aromatic N) is 2. The Kier molecular flexibility index (Phi) is 4.61. The molecule has 0 fully saturated rings. The van der Waals surface area contributed by atoms with E-state index in [4.69, 9.17) is 16.7 Å². The number of aliphatic carboxylic acids is 1. The predicted molar refractivity (Wildman–Crippen MR) is 65.5 cm³/mol. The quantitative estimate of drug-likeness (QED) is 0.805. The number of carbonyl (C=O) groups is 2. The normalized spacial score (nSPS) is 12.3. The van der Waals surface area contributed by atoms with Gasteiger partial charge in [-0.25, -0.2) is 14.8 Å². The van der Waals surface area contributed by atoms with Crippen LogP contribution in [0, 0.1) is 12.8 Å². The van der Waals surface area contributed by atoms with E-state index in [9.17, 15) is 9.59 Å². The molecule has 0 aliphatic rings. The Morgan fingerprint density at radius 3 is 2.44 bits per heavy atom. The molecule has 6 nitrogen and oxygen atoms in total. The van der Waals surface area contributed by atoms with Gasteiger partial charge in [0.15, 0.2) is 0 Å². The molecule has 1 aromatic rings. The van der Waals surface area contributed by atoms with Crippen LogP contribution in [0.2, 0.25) is 5.28 Å². The number of hydrogen-bond acceptors (Lipinski definition) is 4. The van der Waals surface area contributed by atoms with Crippen LogP contribution in [-0.4, -0.2) is 33.0 Å². The summed E-state index contributed by atoms with van der Waals surface area (Å²) in [6.45, 7) is 5.08. The van der Waals surface area contributed by atoms with Crippen LogP contribution in [0.15, 0.2) is 6.07 Å². The number of halogens is 1. The zero-order chi connectivity index (χ0) is 13.9. The summed E-state index contributed by atoms with van der Waals surface area (Å²) < 4.78 is 0. The minimum Gasteiger partial charge on any atom is -0.480 e. The van der Waals surface area contributed by atoms with E-state index in [2.05, 4.69) is 15.3 Å². The van der Waals surface area contributed by atoms with Crippen molar-refractivity contribution in [3.8, 4) is 0 Å². The molecule has 1 heterocycles. The third-order valence-corrected chi connectivity index (χ3v) is 2.45. The summed E-state index contributed by atoms with van der Waals surface area (Å²) in [6.07, 6.45) is 0. The van der Waals surface area contributed by atoms with E-state index in [0.29, 0.717) is 5.69 Å². The van der Waals surface area contributed by atoms with E-state index in [1.165, 1.54) is 6.07 Å². The van der Waals surface area contributed by atoms with Crippen LogP contribution in [0.25, 0.3) is 0 Å². The molecule has 18 heavy (non-hydrogen) atoms. The number of aromatic nitrogens is 2. The van der Waals surface area contributed by atoms with Crippen molar-refractivity contribution in [2.24, 2.45) is 5.92 Å². The maximum Gasteiger partial charge on any atom is 0.326 e. The van der Waals surface area contributed by atoms with Gasteiger partial charge in [-0.3, -0.25) is 4.79 Å². The lowest BCUT2D eigenvalue weighted by molar-refractivity contribution is -0.140. The van der Waals surface area contributed by atoms with Crippen molar-refractivity contribution >= 4 is 23.5 Å². The molecule has 1 rings (SSSR count). The lowest BCUT2D eigenvalue weighted by Crippen LogP contribution is -2.44. The highest BCUT2D eigenvalue weighted by Crippen LogP contribution is 2.07. The van der Waals surface area contributed by atoms with Gasteiger partial charge in [-0.1, -0.05) is 13.8 Å². The van der Waals surface area contributed by atoms with Gasteiger partial charge in [-0.15, -0.1) is 0 Å². The second-order valence-corrected chi connectivity index (χ2v) is 4.54. The Balaban J connectivity index is 2.90. The highest BCUT2D eigenvalue weighted by atomic mass is 35.5. The molecule has 0 aliphatic carbocycles. The number of aryl methyl sites for hydroxylation is 1. The average Bonchev–Trinajstić information content (AvgIpc) is 2.23. The van der Waals surface area contributed by atoms with E-state index in [1.54, 1.807) is 20.8 Å². The monoisotopic (exact) mass is 271 g/mol. The van der Waals surface area contributed by atoms with Crippen molar-refractivity contribution < 1.29 is 14.7 Å². The molecular weight excluding hydrogens is 258 g/mol. The van der Waals surface area contributed by atoms with Crippen molar-refractivity contribution in [2.45, 2.75) is 26.8 Å². The number of hydrogen-bond donors (Lipinski definition) is 2. The zero-order valence-electron chi connectivity index (χ0n) is 10.3. The molecule has 0 spiro atoms. The van der Waals surface area contributed by atoms with E-state index >= 15 is 0 Å². The van der Waals surface area contributed by atoms with Crippen molar-refractivity contribution in [1.29, 1.82) is 0 Å². The van der Waals surface area contributed by atoms with Crippen LogP contribution in [-0.2, 0) is 4.79 Å². The van der Waals surface area contributed by atoms with Crippen LogP contribution in [0.1, 0.15) is 30.0 Å². The fraction of sp³-hybridized carbons (Fsp3) is 0.455. The Bertz CT molecular complexity index is 456. The first kappa shape index (κ1) is 14.4. The van der Waals surface area contributed by atoms with Gasteiger partial charge < -0.3 is 10.4 Å². The predicted octanol–water partition coefficient (Wildman–Crippen LogP) is 1.28. The minimum atomic E-state index is -1.09. The van der Waals surface area contributed by atoms with Gasteiger partial charge >= 0.3 is 5.97 Å². The molecule has 1 amide bonds. The van der Waals surface area contributed by atoms with Crippen LogP contribution in [0.4, 0.5) is 0 Å². The number of carbonyl (C=O) groups excluding carboxylic acids is 1. The smallest absolute Gasteiger partial charge is 0.326 e. The molecule has 2 N–H and O–H groups in total. The molecule has 0 saturated carbocycles. The van der Waals surface area contributed by atoms with Gasteiger partial charge in [0, 0.05) is 5.69 Å². The summed E-state index contributed by atoms with van der Waals surface area (Å²) in [7, 11) is 0. The maximum atomic E-state index is 11.8. The van der Waals surface area contributed by atoms with Crippen molar-refractivity contribution in [3.63, 3.8) is 0 Å². The highest BCUT2D eigenvalue weighted by molar-refractivity contribution is 6.28. The van der Waals surface area contributed by atoms with Crippen LogP contribution >= 0.6 is 11.6 Å². The van der Waals surface area contributed by atoms with Gasteiger partial charge in [0.2, 0.25) is 5.28 Å². The Morgan fingerprint density at radius 1 is 1.39 bits per heavy atom. The highest BCUT2D eigenvalue weighted by Gasteiger charge is 2.24. The summed E-state index contributed by atoms with van der Waals surface area (Å²) in [5, 5.41) is 11.3. The number of amides is 1. The molecule has 1 atom stereocenters. The molecule has 0 aliphatic heterocycles. The minimum absolute atomic E-state index is 0.0448. The Labute approximate surface area is 109 Å². The summed E-state index contributed by atoms with van der Waals surface area (Å²) in [5.41, 5.74) is 0.593. The second kappa shape index (κ2) is 5.77. The third-order valence-electron chi connectivity index (χ3n) is 2.28. The Hall–Kier alpha value is -1.69. The lowest BCUT2D eigenvalue weighted by Gasteiger charge is -2.17. The summed E-state index contributed by atoms with van der Waals surface area (Å²) in [6, 6.07) is 0.479. The first-order chi connectivity index (χ1) is 8.31. The van der Waals surface area contributed by atoms with Gasteiger partial charge in [0.05, 0.1) is 0 Å². The molecule has 0 saturated heterocycles. The number of carboxylic acids is 1. The van der Waals surface area contributed by atoms with E-state index in [1.807, 2.05) is 0 Å². The van der Waals surface area contributed by atoms with E-state index in [0.717, 1.165) is 0 Å². The summed E-state index contributed by atoms with van der Waals surface area (Å²) in [4.78, 5) is 30.4. The average molecular weight is 272 g/mol. The van der Waals surface area contributed by atoms with Crippen molar-refractivity contribution in [1.82, 2.24) is 15.3 Å². The molecule has 1 unspecified atom stereocenters. The molecule has 0 bridgehead atoms. The molecule has 98 valence electrons. The first-order valence-corrected chi connectivity index (χ1v) is 5.74. The summed E-state index contributed by atoms with van der Waals surface area (Å²) >= 11 is 5.64. The number of rotatable bonds is 4. The molecule has 0 radical (unpaired) electrons. The second-order valence-electron chi connectivity index (χ2n) is 4.20. The van der Waals surface area contributed by atoms with Crippen molar-refractivity contribution in [3.05, 3.63) is 22.7 Å². The molecule has 7 heteroatoms. The van der Waals surface area contributed by atoms with Crippen LogP contribution in [0.5, 0.6) is 0 Å². The number of nitrogens with one attached hydrogen (secondary N) is 1. The lowest BCUT2D eigenvalue weighted by atomic mass is 10.0. The molecule has 0 aromatic carbocycles. The largest absolute Gasteiger partial charge is 0.480 e. The third kappa shape index (κ3) is 3.66. The molecular formula is C11H14ClN3O3. The van der Waals surface area contributed by atoms with E-state index < -0.39 is 17.9 Å². The SMILES string of the molecule is Cc1cc(C(=O)NC(C(=O)O)C(C)C)nc(Cl)n1. The molecule has 1 aromatic heterocycles. The number of carboxylic acid groups (broad SMARTS) is 1. The van der Waals surface area contributed by atoms with Gasteiger partial charge in [0.25, 0.3) is 5.91 Å². The fourth-order valence-electron chi connectivity index (χ4n) is 1.38. The zero-order valence-corrected chi connectivity index (χ0v) is 11.0. The topological polar surface area (TPSA) is 92.2 Å². The van der Waals surface area contributed by atoms with Gasteiger partial charge in [-0.2, -0.15) is 0 Å². The fourth-order valence-corrected chi connectivity index (χ4v) is 1.60. The van der Waals surface area contributed by atoms with Gasteiger partial charge in [-0.05, 0) is 30.5 Å². The maximum absolute atomic E-state index is 11.8. The van der Waals surface area contributed by atoms with Gasteiger partial charge in [0.1, 0.15) is 11.7 Å². The standard InChI is InChI=1S/C11H14ClN3O3/c1-5(2)8(10(17)18)15-9(16)7-4-6(3)13-11(12)14-7/h4-5,8H,1-3H3,(H,15,16)(H,17,18). The first-order valence-electron chi connectivity index (χ1n) is 5.36. The Morgan fingerprint density at radius 2 is 2.00 bits per heavy atom. The van der Waals surface area contributed by atoms with Crippen LogP contribution in [0.3, 0.4) is 0 Å².